The highest BCUT2D eigenvalue weighted by atomic mass is 16.5. The van der Waals surface area contributed by atoms with E-state index < -0.39 is 0 Å². The Labute approximate surface area is 90.6 Å². The zero-order chi connectivity index (χ0) is 10.9. The molecule has 0 unspecified atom stereocenters. The molecular formula is C11H18N2O2. The van der Waals surface area contributed by atoms with E-state index in [0.717, 1.165) is 17.9 Å². The van der Waals surface area contributed by atoms with E-state index in [0.29, 0.717) is 19.8 Å². The maximum absolute atomic E-state index is 5.41. The molecule has 0 aliphatic rings. The van der Waals surface area contributed by atoms with Crippen molar-refractivity contribution in [2.24, 2.45) is 0 Å². The number of ether oxygens (including phenoxy) is 2. The third-order valence-electron chi connectivity index (χ3n) is 1.88. The van der Waals surface area contributed by atoms with Gasteiger partial charge in [0, 0.05) is 19.9 Å². The van der Waals surface area contributed by atoms with Gasteiger partial charge in [-0.1, -0.05) is 0 Å². The maximum Gasteiger partial charge on any atom is 0.126 e. The Bertz CT molecular complexity index is 279. The standard InChI is InChI=1S/C11H18N2O2/c1-3-12-11-8-10(4-5-13-11)9-15-7-6-14-2/h4-5,8H,3,6-7,9H2,1-2H3,(H,12,13). The van der Waals surface area contributed by atoms with Gasteiger partial charge in [0.25, 0.3) is 0 Å². The first-order valence-corrected chi connectivity index (χ1v) is 5.12. The monoisotopic (exact) mass is 210 g/mol. The number of aromatic nitrogens is 1. The van der Waals surface area contributed by atoms with Gasteiger partial charge in [0.2, 0.25) is 0 Å². The van der Waals surface area contributed by atoms with Crippen LogP contribution in [0.3, 0.4) is 0 Å². The van der Waals surface area contributed by atoms with Gasteiger partial charge in [-0.25, -0.2) is 4.98 Å². The molecule has 0 saturated carbocycles. The molecule has 0 bridgehead atoms. The summed E-state index contributed by atoms with van der Waals surface area (Å²) in [5, 5.41) is 3.16. The van der Waals surface area contributed by atoms with E-state index in [4.69, 9.17) is 9.47 Å². The summed E-state index contributed by atoms with van der Waals surface area (Å²) >= 11 is 0. The van der Waals surface area contributed by atoms with Crippen LogP contribution in [0.4, 0.5) is 5.82 Å². The summed E-state index contributed by atoms with van der Waals surface area (Å²) in [5.74, 6) is 0.894. The van der Waals surface area contributed by atoms with Gasteiger partial charge >= 0.3 is 0 Å². The zero-order valence-electron chi connectivity index (χ0n) is 9.32. The van der Waals surface area contributed by atoms with Gasteiger partial charge in [-0.05, 0) is 24.6 Å². The second-order valence-electron chi connectivity index (χ2n) is 3.13. The first-order chi connectivity index (χ1) is 7.36. The van der Waals surface area contributed by atoms with E-state index in [1.165, 1.54) is 0 Å². The molecule has 0 spiro atoms. The van der Waals surface area contributed by atoms with Crippen molar-refractivity contribution in [3.63, 3.8) is 0 Å². The lowest BCUT2D eigenvalue weighted by atomic mass is 10.3. The molecule has 0 aliphatic carbocycles. The summed E-state index contributed by atoms with van der Waals surface area (Å²) in [6.07, 6.45) is 1.78. The van der Waals surface area contributed by atoms with Gasteiger partial charge in [0.15, 0.2) is 0 Å². The number of hydrogen-bond donors (Lipinski definition) is 1. The van der Waals surface area contributed by atoms with Crippen molar-refractivity contribution in [1.82, 2.24) is 4.98 Å². The predicted molar refractivity (Wildman–Crippen MR) is 59.9 cm³/mol. The minimum absolute atomic E-state index is 0.601. The molecule has 0 amide bonds. The molecule has 1 heterocycles. The molecule has 1 aromatic heterocycles. The van der Waals surface area contributed by atoms with E-state index in [-0.39, 0.29) is 0 Å². The Morgan fingerprint density at radius 3 is 3.00 bits per heavy atom. The van der Waals surface area contributed by atoms with Crippen molar-refractivity contribution in [3.05, 3.63) is 23.9 Å². The van der Waals surface area contributed by atoms with Crippen molar-refractivity contribution in [2.75, 3.05) is 32.2 Å². The molecule has 4 nitrogen and oxygen atoms in total. The summed E-state index contributed by atoms with van der Waals surface area (Å²) < 4.78 is 10.3. The number of nitrogens with zero attached hydrogens (tertiary/aromatic N) is 1. The molecular weight excluding hydrogens is 192 g/mol. The van der Waals surface area contributed by atoms with Crippen LogP contribution < -0.4 is 5.32 Å². The minimum atomic E-state index is 0.601. The normalized spacial score (nSPS) is 10.3. The Morgan fingerprint density at radius 2 is 2.27 bits per heavy atom. The Kier molecular flexibility index (Phi) is 5.73. The van der Waals surface area contributed by atoms with Gasteiger partial charge in [0.05, 0.1) is 19.8 Å². The quantitative estimate of drug-likeness (QED) is 0.695. The Morgan fingerprint density at radius 1 is 1.40 bits per heavy atom. The fourth-order valence-corrected chi connectivity index (χ4v) is 1.17. The molecule has 1 aromatic rings. The molecule has 0 atom stereocenters. The molecule has 84 valence electrons. The minimum Gasteiger partial charge on any atom is -0.382 e. The smallest absolute Gasteiger partial charge is 0.126 e. The van der Waals surface area contributed by atoms with Crippen molar-refractivity contribution < 1.29 is 9.47 Å². The number of nitrogens with one attached hydrogen (secondary N) is 1. The summed E-state index contributed by atoms with van der Waals surface area (Å²) in [6.45, 7) is 4.77. The first kappa shape index (κ1) is 11.9. The van der Waals surface area contributed by atoms with Crippen LogP contribution in [-0.4, -0.2) is 31.9 Å². The largest absolute Gasteiger partial charge is 0.382 e. The summed E-state index contributed by atoms with van der Waals surface area (Å²) in [6, 6.07) is 3.95. The highest BCUT2D eigenvalue weighted by Gasteiger charge is 1.96. The number of anilines is 1. The topological polar surface area (TPSA) is 43.4 Å². The lowest BCUT2D eigenvalue weighted by Crippen LogP contribution is -2.03. The van der Waals surface area contributed by atoms with Crippen LogP contribution in [-0.2, 0) is 16.1 Å². The maximum atomic E-state index is 5.41. The fourth-order valence-electron chi connectivity index (χ4n) is 1.17. The Hall–Kier alpha value is -1.13. The second kappa shape index (κ2) is 7.20. The van der Waals surface area contributed by atoms with E-state index in [9.17, 15) is 0 Å². The van der Waals surface area contributed by atoms with Gasteiger partial charge in [-0.3, -0.25) is 0 Å². The molecule has 15 heavy (non-hydrogen) atoms. The van der Waals surface area contributed by atoms with Crippen LogP contribution in [0, 0.1) is 0 Å². The van der Waals surface area contributed by atoms with Crippen molar-refractivity contribution in [1.29, 1.82) is 0 Å². The molecule has 0 fully saturated rings. The second-order valence-corrected chi connectivity index (χ2v) is 3.13. The molecule has 0 saturated heterocycles. The lowest BCUT2D eigenvalue weighted by Gasteiger charge is -2.06. The number of methoxy groups -OCH3 is 1. The van der Waals surface area contributed by atoms with Crippen LogP contribution in [0.2, 0.25) is 0 Å². The van der Waals surface area contributed by atoms with E-state index in [2.05, 4.69) is 10.3 Å². The lowest BCUT2D eigenvalue weighted by molar-refractivity contribution is 0.0616. The summed E-state index contributed by atoms with van der Waals surface area (Å²) in [5.41, 5.74) is 1.12. The third-order valence-corrected chi connectivity index (χ3v) is 1.88. The van der Waals surface area contributed by atoms with E-state index >= 15 is 0 Å². The van der Waals surface area contributed by atoms with Crippen LogP contribution in [0.1, 0.15) is 12.5 Å². The Balaban J connectivity index is 2.36. The number of rotatable bonds is 7. The summed E-state index contributed by atoms with van der Waals surface area (Å²) in [7, 11) is 1.67. The van der Waals surface area contributed by atoms with Gasteiger partial charge in [0.1, 0.15) is 5.82 Å². The van der Waals surface area contributed by atoms with Gasteiger partial charge in [-0.15, -0.1) is 0 Å². The highest BCUT2D eigenvalue weighted by Crippen LogP contribution is 2.07. The third kappa shape index (κ3) is 4.76. The average molecular weight is 210 g/mol. The number of hydrogen-bond acceptors (Lipinski definition) is 4. The van der Waals surface area contributed by atoms with Crippen molar-refractivity contribution in [2.45, 2.75) is 13.5 Å². The van der Waals surface area contributed by atoms with Crippen molar-refractivity contribution in [3.8, 4) is 0 Å². The first-order valence-electron chi connectivity index (χ1n) is 5.12. The predicted octanol–water partition coefficient (Wildman–Crippen LogP) is 1.68. The van der Waals surface area contributed by atoms with Crippen LogP contribution >= 0.6 is 0 Å². The van der Waals surface area contributed by atoms with E-state index in [1.807, 2.05) is 19.1 Å². The van der Waals surface area contributed by atoms with E-state index in [1.54, 1.807) is 13.3 Å². The van der Waals surface area contributed by atoms with Crippen LogP contribution in [0.25, 0.3) is 0 Å². The van der Waals surface area contributed by atoms with Crippen LogP contribution in [0.5, 0.6) is 0 Å². The van der Waals surface area contributed by atoms with Crippen LogP contribution in [0.15, 0.2) is 18.3 Å². The molecule has 0 aliphatic heterocycles. The summed E-state index contributed by atoms with van der Waals surface area (Å²) in [4.78, 5) is 4.18. The molecule has 0 radical (unpaired) electrons. The number of pyridine rings is 1. The molecule has 0 aromatic carbocycles. The van der Waals surface area contributed by atoms with Gasteiger partial charge in [-0.2, -0.15) is 0 Å². The van der Waals surface area contributed by atoms with Crippen molar-refractivity contribution >= 4 is 5.82 Å². The van der Waals surface area contributed by atoms with Gasteiger partial charge < -0.3 is 14.8 Å². The zero-order valence-corrected chi connectivity index (χ0v) is 9.32. The SMILES string of the molecule is CCNc1cc(COCCOC)ccn1. The molecule has 1 rings (SSSR count). The fraction of sp³-hybridized carbons (Fsp3) is 0.545. The molecule has 4 heteroatoms. The highest BCUT2D eigenvalue weighted by molar-refractivity contribution is 5.36. The molecule has 1 N–H and O–H groups in total. The average Bonchev–Trinajstić information content (AvgIpc) is 2.26.